The summed E-state index contributed by atoms with van der Waals surface area (Å²) in [5.41, 5.74) is 4.38. The van der Waals surface area contributed by atoms with Gasteiger partial charge in [0.25, 0.3) is 5.91 Å². The van der Waals surface area contributed by atoms with E-state index in [1.807, 2.05) is 41.3 Å². The number of aryl methyl sites for hydroxylation is 2. The summed E-state index contributed by atoms with van der Waals surface area (Å²) in [6, 6.07) is 16.5. The molecule has 2 aromatic rings. The van der Waals surface area contributed by atoms with Gasteiger partial charge in [-0.2, -0.15) is 0 Å². The van der Waals surface area contributed by atoms with E-state index >= 15 is 0 Å². The molecule has 0 bridgehead atoms. The van der Waals surface area contributed by atoms with Gasteiger partial charge < -0.3 is 4.90 Å². The van der Waals surface area contributed by atoms with Crippen molar-refractivity contribution >= 4 is 11.6 Å². The third kappa shape index (κ3) is 2.58. The summed E-state index contributed by atoms with van der Waals surface area (Å²) < 4.78 is 0. The van der Waals surface area contributed by atoms with Crippen LogP contribution in [0.2, 0.25) is 0 Å². The molecule has 0 fully saturated rings. The Balaban J connectivity index is 1.96. The fourth-order valence-corrected chi connectivity index (χ4v) is 3.02. The van der Waals surface area contributed by atoms with Crippen molar-refractivity contribution in [1.29, 1.82) is 0 Å². The summed E-state index contributed by atoms with van der Waals surface area (Å²) in [5, 5.41) is 0. The Morgan fingerprint density at radius 3 is 2.57 bits per heavy atom. The molecule has 1 unspecified atom stereocenters. The van der Waals surface area contributed by atoms with Gasteiger partial charge >= 0.3 is 0 Å². The van der Waals surface area contributed by atoms with E-state index in [1.165, 1.54) is 11.1 Å². The van der Waals surface area contributed by atoms with Crippen molar-refractivity contribution in [1.82, 2.24) is 0 Å². The lowest BCUT2D eigenvalue weighted by molar-refractivity contribution is 0.0975. The second kappa shape index (κ2) is 5.72. The van der Waals surface area contributed by atoms with Crippen LogP contribution < -0.4 is 4.90 Å². The highest BCUT2D eigenvalue weighted by molar-refractivity contribution is 6.07. The van der Waals surface area contributed by atoms with Crippen LogP contribution in [0.4, 0.5) is 5.69 Å². The lowest BCUT2D eigenvalue weighted by Crippen LogP contribution is -2.42. The molecule has 0 saturated carbocycles. The average Bonchev–Trinajstić information content (AvgIpc) is 2.54. The molecule has 1 atom stereocenters. The van der Waals surface area contributed by atoms with Crippen LogP contribution >= 0.6 is 0 Å². The lowest BCUT2D eigenvalue weighted by Gasteiger charge is -2.35. The molecule has 3 rings (SSSR count). The van der Waals surface area contributed by atoms with Crippen LogP contribution in [0.15, 0.2) is 48.5 Å². The molecule has 0 saturated heterocycles. The number of nitrogens with zero attached hydrogens (tertiary/aromatic N) is 1. The van der Waals surface area contributed by atoms with Crippen LogP contribution in [0, 0.1) is 0 Å². The highest BCUT2D eigenvalue weighted by Crippen LogP contribution is 2.31. The highest BCUT2D eigenvalue weighted by atomic mass is 16.2. The number of amides is 1. The summed E-state index contributed by atoms with van der Waals surface area (Å²) >= 11 is 0. The smallest absolute Gasteiger partial charge is 0.258 e. The number of hydrogen-bond acceptors (Lipinski definition) is 1. The fourth-order valence-electron chi connectivity index (χ4n) is 3.02. The zero-order valence-electron chi connectivity index (χ0n) is 12.7. The number of rotatable bonds is 2. The van der Waals surface area contributed by atoms with Gasteiger partial charge in [-0.05, 0) is 55.5 Å². The van der Waals surface area contributed by atoms with Crippen molar-refractivity contribution < 1.29 is 4.79 Å². The van der Waals surface area contributed by atoms with E-state index in [0.29, 0.717) is 0 Å². The minimum atomic E-state index is 0.109. The van der Waals surface area contributed by atoms with Crippen molar-refractivity contribution in [2.45, 2.75) is 39.2 Å². The molecule has 0 N–H and O–H groups in total. The molecule has 1 aliphatic heterocycles. The summed E-state index contributed by atoms with van der Waals surface area (Å²) in [6.45, 7) is 4.26. The van der Waals surface area contributed by atoms with Gasteiger partial charge in [-0.25, -0.2) is 0 Å². The molecule has 1 aliphatic rings. The predicted molar refractivity (Wildman–Crippen MR) is 86.9 cm³/mol. The first-order valence-corrected chi connectivity index (χ1v) is 7.71. The fraction of sp³-hybridized carbons (Fsp3) is 0.316. The summed E-state index contributed by atoms with van der Waals surface area (Å²) in [4.78, 5) is 14.9. The van der Waals surface area contributed by atoms with E-state index in [2.05, 4.69) is 26.0 Å². The van der Waals surface area contributed by atoms with E-state index in [-0.39, 0.29) is 11.9 Å². The Hall–Kier alpha value is -2.09. The predicted octanol–water partition coefficient (Wildman–Crippen LogP) is 4.23. The first-order chi connectivity index (χ1) is 10.2. The SMILES string of the molecule is CCc1ccc(C(=O)N2c3ccccc3CCC2C)cc1. The van der Waals surface area contributed by atoms with Crippen LogP contribution in [0.25, 0.3) is 0 Å². The van der Waals surface area contributed by atoms with Crippen LogP contribution in [-0.2, 0) is 12.8 Å². The molecule has 0 spiro atoms. The van der Waals surface area contributed by atoms with Gasteiger partial charge in [0.1, 0.15) is 0 Å². The normalized spacial score (nSPS) is 17.4. The Labute approximate surface area is 126 Å². The number of carbonyl (C=O) groups excluding carboxylic acids is 1. The number of benzene rings is 2. The van der Waals surface area contributed by atoms with Gasteiger partial charge in [-0.1, -0.05) is 37.3 Å². The van der Waals surface area contributed by atoms with E-state index in [4.69, 9.17) is 0 Å². The summed E-state index contributed by atoms with van der Waals surface area (Å²) in [5.74, 6) is 0.109. The van der Waals surface area contributed by atoms with E-state index in [0.717, 1.165) is 30.5 Å². The lowest BCUT2D eigenvalue weighted by atomic mass is 9.95. The largest absolute Gasteiger partial charge is 0.305 e. The molecular formula is C19H21NO. The van der Waals surface area contributed by atoms with Gasteiger partial charge in [-0.3, -0.25) is 4.79 Å². The molecule has 0 radical (unpaired) electrons. The van der Waals surface area contributed by atoms with Crippen molar-refractivity contribution in [2.24, 2.45) is 0 Å². The monoisotopic (exact) mass is 279 g/mol. The van der Waals surface area contributed by atoms with Crippen molar-refractivity contribution in [2.75, 3.05) is 4.90 Å². The topological polar surface area (TPSA) is 20.3 Å². The highest BCUT2D eigenvalue weighted by Gasteiger charge is 2.28. The van der Waals surface area contributed by atoms with Crippen LogP contribution in [0.3, 0.4) is 0 Å². The second-order valence-electron chi connectivity index (χ2n) is 5.74. The van der Waals surface area contributed by atoms with Gasteiger partial charge in [0.2, 0.25) is 0 Å². The Morgan fingerprint density at radius 1 is 1.14 bits per heavy atom. The number of carbonyl (C=O) groups is 1. The molecule has 1 heterocycles. The molecule has 2 nitrogen and oxygen atoms in total. The molecule has 21 heavy (non-hydrogen) atoms. The first-order valence-electron chi connectivity index (χ1n) is 7.71. The number of hydrogen-bond donors (Lipinski definition) is 0. The second-order valence-corrected chi connectivity index (χ2v) is 5.74. The maximum Gasteiger partial charge on any atom is 0.258 e. The van der Waals surface area contributed by atoms with E-state index in [1.54, 1.807) is 0 Å². The zero-order chi connectivity index (χ0) is 14.8. The maximum absolute atomic E-state index is 12.9. The third-order valence-corrected chi connectivity index (χ3v) is 4.35. The van der Waals surface area contributed by atoms with E-state index in [9.17, 15) is 4.79 Å². The number of anilines is 1. The molecule has 2 heteroatoms. The number of para-hydroxylation sites is 1. The molecular weight excluding hydrogens is 258 g/mol. The van der Waals surface area contributed by atoms with Crippen molar-refractivity contribution in [3.05, 3.63) is 65.2 Å². The Kier molecular flexibility index (Phi) is 3.78. The van der Waals surface area contributed by atoms with Gasteiger partial charge in [0.15, 0.2) is 0 Å². The summed E-state index contributed by atoms with van der Waals surface area (Å²) in [6.07, 6.45) is 3.07. The van der Waals surface area contributed by atoms with Crippen LogP contribution in [0.1, 0.15) is 41.8 Å². The number of fused-ring (bicyclic) bond motifs is 1. The minimum Gasteiger partial charge on any atom is -0.305 e. The molecule has 2 aromatic carbocycles. The Bertz CT molecular complexity index is 645. The standard InChI is InChI=1S/C19H21NO/c1-3-15-9-12-17(13-10-15)19(21)20-14(2)8-11-16-6-4-5-7-18(16)20/h4-7,9-10,12-14H,3,8,11H2,1-2H3. The quantitative estimate of drug-likeness (QED) is 0.805. The molecule has 1 amide bonds. The van der Waals surface area contributed by atoms with Crippen molar-refractivity contribution in [3.8, 4) is 0 Å². The third-order valence-electron chi connectivity index (χ3n) is 4.35. The molecule has 0 aliphatic carbocycles. The van der Waals surface area contributed by atoms with Gasteiger partial charge in [0.05, 0.1) is 0 Å². The minimum absolute atomic E-state index is 0.109. The van der Waals surface area contributed by atoms with Crippen LogP contribution in [0.5, 0.6) is 0 Å². The Morgan fingerprint density at radius 2 is 1.86 bits per heavy atom. The zero-order valence-corrected chi connectivity index (χ0v) is 12.7. The van der Waals surface area contributed by atoms with Crippen LogP contribution in [-0.4, -0.2) is 11.9 Å². The van der Waals surface area contributed by atoms with E-state index < -0.39 is 0 Å². The average molecular weight is 279 g/mol. The van der Waals surface area contributed by atoms with Gasteiger partial charge in [-0.15, -0.1) is 0 Å². The molecule has 0 aromatic heterocycles. The van der Waals surface area contributed by atoms with Gasteiger partial charge in [0, 0.05) is 17.3 Å². The molecule has 108 valence electrons. The van der Waals surface area contributed by atoms with Crippen molar-refractivity contribution in [3.63, 3.8) is 0 Å². The maximum atomic E-state index is 12.9. The summed E-state index contributed by atoms with van der Waals surface area (Å²) in [7, 11) is 0. The first kappa shape index (κ1) is 13.9.